The Morgan fingerprint density at radius 2 is 2.05 bits per heavy atom. The molecule has 0 aliphatic heterocycles. The number of allylic oxidation sites excluding steroid dienone is 2. The first-order valence-corrected chi connectivity index (χ1v) is 6.87. The minimum absolute atomic E-state index is 0.202. The van der Waals surface area contributed by atoms with Crippen LogP contribution in [0.1, 0.15) is 23.2 Å². The highest BCUT2D eigenvalue weighted by Gasteiger charge is 2.34. The average molecular weight is 275 g/mol. The van der Waals surface area contributed by atoms with Crippen LogP contribution in [-0.4, -0.2) is 12.1 Å². The number of hydrogen-bond acceptors (Lipinski definition) is 2. The molecule has 0 saturated heterocycles. The van der Waals surface area contributed by atoms with Crippen molar-refractivity contribution in [1.29, 1.82) is 0 Å². The maximum Gasteiger partial charge on any atom is 0.271 e. The molecule has 2 aliphatic carbocycles. The van der Waals surface area contributed by atoms with Crippen LogP contribution in [0, 0.1) is 17.8 Å². The monoisotopic (exact) mass is 274 g/mol. The van der Waals surface area contributed by atoms with Crippen LogP contribution >= 0.6 is 11.6 Å². The van der Waals surface area contributed by atoms with Crippen molar-refractivity contribution in [3.05, 3.63) is 47.0 Å². The van der Waals surface area contributed by atoms with Gasteiger partial charge in [-0.05, 0) is 48.9 Å². The Morgan fingerprint density at radius 1 is 1.26 bits per heavy atom. The fraction of sp³-hybridized carbons (Fsp3) is 0.333. The molecule has 4 heteroatoms. The van der Waals surface area contributed by atoms with E-state index in [0.29, 0.717) is 28.3 Å². The van der Waals surface area contributed by atoms with Gasteiger partial charge in [-0.15, -0.1) is 0 Å². The van der Waals surface area contributed by atoms with Gasteiger partial charge in [-0.3, -0.25) is 4.79 Å². The van der Waals surface area contributed by atoms with Crippen molar-refractivity contribution < 1.29 is 4.79 Å². The number of rotatable bonds is 3. The van der Waals surface area contributed by atoms with Crippen molar-refractivity contribution in [2.75, 3.05) is 0 Å². The van der Waals surface area contributed by atoms with Crippen LogP contribution in [0.25, 0.3) is 0 Å². The summed E-state index contributed by atoms with van der Waals surface area (Å²) in [5.41, 5.74) is 3.13. The van der Waals surface area contributed by atoms with Gasteiger partial charge < -0.3 is 0 Å². The molecule has 1 N–H and O–H groups in total. The molecule has 98 valence electrons. The summed E-state index contributed by atoms with van der Waals surface area (Å²) in [6.07, 6.45) is 8.83. The predicted molar refractivity (Wildman–Crippen MR) is 76.3 cm³/mol. The van der Waals surface area contributed by atoms with Crippen molar-refractivity contribution >= 4 is 23.7 Å². The number of carbonyl (C=O) groups excluding carboxylic acids is 1. The van der Waals surface area contributed by atoms with Crippen molar-refractivity contribution in [2.24, 2.45) is 22.9 Å². The molecule has 3 nitrogen and oxygen atoms in total. The van der Waals surface area contributed by atoms with Gasteiger partial charge in [-0.25, -0.2) is 5.43 Å². The Bertz CT molecular complexity index is 536. The van der Waals surface area contributed by atoms with Crippen molar-refractivity contribution in [3.63, 3.8) is 0 Å². The van der Waals surface area contributed by atoms with E-state index in [1.165, 1.54) is 6.42 Å². The second-order valence-corrected chi connectivity index (χ2v) is 5.61. The van der Waals surface area contributed by atoms with Crippen LogP contribution in [0.3, 0.4) is 0 Å². The lowest BCUT2D eigenvalue weighted by Crippen LogP contribution is -2.19. The molecular weight excluding hydrogens is 260 g/mol. The third-order valence-corrected chi connectivity index (χ3v) is 4.12. The maximum atomic E-state index is 11.8. The first-order chi connectivity index (χ1) is 9.22. The SMILES string of the molecule is O=C(N/N=C/C1CC2C=CC1C2)c1ccc(Cl)cc1. The smallest absolute Gasteiger partial charge is 0.267 e. The van der Waals surface area contributed by atoms with E-state index >= 15 is 0 Å². The highest BCUT2D eigenvalue weighted by atomic mass is 35.5. The van der Waals surface area contributed by atoms with Gasteiger partial charge in [0.1, 0.15) is 0 Å². The number of halogens is 1. The molecule has 19 heavy (non-hydrogen) atoms. The third kappa shape index (κ3) is 2.71. The van der Waals surface area contributed by atoms with E-state index in [1.54, 1.807) is 24.3 Å². The summed E-state index contributed by atoms with van der Waals surface area (Å²) >= 11 is 5.78. The molecule has 2 bridgehead atoms. The van der Waals surface area contributed by atoms with Crippen LogP contribution in [0.4, 0.5) is 0 Å². The summed E-state index contributed by atoms with van der Waals surface area (Å²) in [6.45, 7) is 0. The van der Waals surface area contributed by atoms with Crippen LogP contribution in [0.2, 0.25) is 5.02 Å². The minimum Gasteiger partial charge on any atom is -0.267 e. The number of benzene rings is 1. The van der Waals surface area contributed by atoms with Crippen LogP contribution in [-0.2, 0) is 0 Å². The fourth-order valence-corrected chi connectivity index (χ4v) is 2.98. The van der Waals surface area contributed by atoms with E-state index in [0.717, 1.165) is 6.42 Å². The molecule has 2 aliphatic rings. The molecule has 1 saturated carbocycles. The van der Waals surface area contributed by atoms with E-state index in [2.05, 4.69) is 22.7 Å². The van der Waals surface area contributed by atoms with Gasteiger partial charge in [0.05, 0.1) is 0 Å². The van der Waals surface area contributed by atoms with Crippen LogP contribution in [0.15, 0.2) is 41.5 Å². The minimum atomic E-state index is -0.202. The Morgan fingerprint density at radius 3 is 2.68 bits per heavy atom. The van der Waals surface area contributed by atoms with Gasteiger partial charge in [0.2, 0.25) is 0 Å². The van der Waals surface area contributed by atoms with Gasteiger partial charge in [-0.1, -0.05) is 23.8 Å². The molecule has 3 unspecified atom stereocenters. The summed E-state index contributed by atoms with van der Waals surface area (Å²) in [6, 6.07) is 6.77. The van der Waals surface area contributed by atoms with Gasteiger partial charge in [0, 0.05) is 22.7 Å². The van der Waals surface area contributed by atoms with Gasteiger partial charge in [0.25, 0.3) is 5.91 Å². The highest BCUT2D eigenvalue weighted by Crippen LogP contribution is 2.42. The molecule has 3 atom stereocenters. The number of amides is 1. The Kier molecular flexibility index (Phi) is 3.38. The lowest BCUT2D eigenvalue weighted by Gasteiger charge is -2.11. The van der Waals surface area contributed by atoms with Gasteiger partial charge in [0.15, 0.2) is 0 Å². The molecule has 0 heterocycles. The van der Waals surface area contributed by atoms with Crippen molar-refractivity contribution in [1.82, 2.24) is 5.43 Å². The van der Waals surface area contributed by atoms with Crippen molar-refractivity contribution in [3.8, 4) is 0 Å². The summed E-state index contributed by atoms with van der Waals surface area (Å²) in [4.78, 5) is 11.8. The summed E-state index contributed by atoms with van der Waals surface area (Å²) in [5.74, 6) is 1.60. The second kappa shape index (κ2) is 5.17. The summed E-state index contributed by atoms with van der Waals surface area (Å²) < 4.78 is 0. The van der Waals surface area contributed by atoms with Crippen molar-refractivity contribution in [2.45, 2.75) is 12.8 Å². The number of hydrogen-bond donors (Lipinski definition) is 1. The molecule has 1 fully saturated rings. The molecule has 0 aromatic heterocycles. The lowest BCUT2D eigenvalue weighted by molar-refractivity contribution is 0.0955. The number of nitrogens with one attached hydrogen (secondary N) is 1. The van der Waals surface area contributed by atoms with E-state index < -0.39 is 0 Å². The molecule has 1 aromatic rings. The predicted octanol–water partition coefficient (Wildman–Crippen LogP) is 3.27. The summed E-state index contributed by atoms with van der Waals surface area (Å²) in [7, 11) is 0. The first kappa shape index (κ1) is 12.4. The van der Waals surface area contributed by atoms with E-state index in [-0.39, 0.29) is 5.91 Å². The van der Waals surface area contributed by atoms with E-state index in [9.17, 15) is 4.79 Å². The van der Waals surface area contributed by atoms with Crippen LogP contribution < -0.4 is 5.43 Å². The number of hydrazone groups is 1. The first-order valence-electron chi connectivity index (χ1n) is 6.50. The lowest BCUT2D eigenvalue weighted by atomic mass is 9.95. The maximum absolute atomic E-state index is 11.8. The van der Waals surface area contributed by atoms with Crippen LogP contribution in [0.5, 0.6) is 0 Å². The summed E-state index contributed by atoms with van der Waals surface area (Å²) in [5, 5.41) is 4.70. The zero-order valence-corrected chi connectivity index (χ0v) is 11.2. The average Bonchev–Trinajstić information content (AvgIpc) is 3.02. The molecule has 0 radical (unpaired) electrons. The number of fused-ring (bicyclic) bond motifs is 2. The molecule has 0 spiro atoms. The zero-order valence-electron chi connectivity index (χ0n) is 10.4. The number of carbonyl (C=O) groups is 1. The Hall–Kier alpha value is -1.61. The molecule has 1 amide bonds. The zero-order chi connectivity index (χ0) is 13.2. The standard InChI is InChI=1S/C15H15ClN2O/c16-14-5-3-11(4-6-14)15(19)18-17-9-13-8-10-1-2-12(13)7-10/h1-6,9-10,12-13H,7-8H2,(H,18,19)/b17-9+. The van der Waals surface area contributed by atoms with E-state index in [4.69, 9.17) is 11.6 Å². The number of nitrogens with zero attached hydrogens (tertiary/aromatic N) is 1. The second-order valence-electron chi connectivity index (χ2n) is 5.17. The Labute approximate surface area is 117 Å². The third-order valence-electron chi connectivity index (χ3n) is 3.87. The van der Waals surface area contributed by atoms with Gasteiger partial charge >= 0.3 is 0 Å². The Balaban J connectivity index is 1.56. The molecular formula is C15H15ClN2O. The topological polar surface area (TPSA) is 41.5 Å². The molecule has 1 aromatic carbocycles. The highest BCUT2D eigenvalue weighted by molar-refractivity contribution is 6.30. The molecule has 3 rings (SSSR count). The fourth-order valence-electron chi connectivity index (χ4n) is 2.85. The quantitative estimate of drug-likeness (QED) is 0.513. The van der Waals surface area contributed by atoms with E-state index in [1.807, 2.05) is 6.21 Å². The normalized spacial score (nSPS) is 28.2. The largest absolute Gasteiger partial charge is 0.271 e. The van der Waals surface area contributed by atoms with Gasteiger partial charge in [-0.2, -0.15) is 5.10 Å².